The third-order valence-corrected chi connectivity index (χ3v) is 3.06. The number of piperidine rings is 1. The van der Waals surface area contributed by atoms with Crippen molar-refractivity contribution in [2.75, 3.05) is 18.8 Å². The van der Waals surface area contributed by atoms with E-state index in [-0.39, 0.29) is 23.3 Å². The van der Waals surface area contributed by atoms with Crippen LogP contribution in [0.15, 0.2) is 10.9 Å². The van der Waals surface area contributed by atoms with Crippen molar-refractivity contribution in [3.05, 3.63) is 22.1 Å². The van der Waals surface area contributed by atoms with Gasteiger partial charge < -0.3 is 10.6 Å². The van der Waals surface area contributed by atoms with E-state index in [1.54, 1.807) is 11.8 Å². The van der Waals surface area contributed by atoms with E-state index >= 15 is 0 Å². The van der Waals surface area contributed by atoms with Crippen LogP contribution in [0.1, 0.15) is 31.4 Å². The van der Waals surface area contributed by atoms with E-state index in [4.69, 9.17) is 5.73 Å². The zero-order chi connectivity index (χ0) is 12.4. The molecule has 1 unspecified atom stereocenters. The predicted octanol–water partition coefficient (Wildman–Crippen LogP) is 0.0780. The number of aromatic amines is 1. The van der Waals surface area contributed by atoms with Gasteiger partial charge in [-0.25, -0.2) is 4.98 Å². The van der Waals surface area contributed by atoms with Crippen molar-refractivity contribution in [3.63, 3.8) is 0 Å². The highest BCUT2D eigenvalue weighted by Gasteiger charge is 2.24. The molecule has 0 spiro atoms. The van der Waals surface area contributed by atoms with Crippen LogP contribution in [0.5, 0.6) is 0 Å². The van der Waals surface area contributed by atoms with Gasteiger partial charge in [-0.15, -0.1) is 0 Å². The van der Waals surface area contributed by atoms with Crippen molar-refractivity contribution in [2.45, 2.75) is 25.7 Å². The van der Waals surface area contributed by atoms with Crippen molar-refractivity contribution in [2.24, 2.45) is 0 Å². The van der Waals surface area contributed by atoms with E-state index in [9.17, 15) is 9.59 Å². The number of rotatable bonds is 1. The summed E-state index contributed by atoms with van der Waals surface area (Å²) < 4.78 is 0. The Morgan fingerprint density at radius 1 is 1.65 bits per heavy atom. The fraction of sp³-hybridized carbons (Fsp3) is 0.545. The molecule has 17 heavy (non-hydrogen) atoms. The number of hydrogen-bond donors (Lipinski definition) is 2. The van der Waals surface area contributed by atoms with Crippen molar-refractivity contribution < 1.29 is 4.79 Å². The maximum absolute atomic E-state index is 11.3. The molecule has 1 aliphatic rings. The Hall–Kier alpha value is -1.85. The van der Waals surface area contributed by atoms with Gasteiger partial charge in [-0.05, 0) is 12.8 Å². The minimum Gasteiger partial charge on any atom is -0.369 e. The summed E-state index contributed by atoms with van der Waals surface area (Å²) in [6.45, 7) is 2.96. The van der Waals surface area contributed by atoms with Crippen molar-refractivity contribution in [1.29, 1.82) is 0 Å². The number of likely N-dealkylation sites (tertiary alicyclic amines) is 1. The number of carbonyl (C=O) groups is 1. The average molecular weight is 236 g/mol. The minimum absolute atomic E-state index is 0.0625. The highest BCUT2D eigenvalue weighted by Crippen LogP contribution is 2.24. The predicted molar refractivity (Wildman–Crippen MR) is 63.5 cm³/mol. The van der Waals surface area contributed by atoms with Gasteiger partial charge in [-0.3, -0.25) is 14.6 Å². The molecule has 6 nitrogen and oxygen atoms in total. The van der Waals surface area contributed by atoms with Gasteiger partial charge in [-0.1, -0.05) is 0 Å². The van der Waals surface area contributed by atoms with Gasteiger partial charge in [0.25, 0.3) is 5.56 Å². The second-order valence-electron chi connectivity index (χ2n) is 4.36. The van der Waals surface area contributed by atoms with Crippen molar-refractivity contribution in [1.82, 2.24) is 14.9 Å². The first-order chi connectivity index (χ1) is 8.06. The summed E-state index contributed by atoms with van der Waals surface area (Å²) in [7, 11) is 0. The first-order valence-corrected chi connectivity index (χ1v) is 5.68. The maximum atomic E-state index is 11.3. The molecule has 1 fully saturated rings. The van der Waals surface area contributed by atoms with E-state index in [1.807, 2.05) is 0 Å². The number of hydrogen-bond acceptors (Lipinski definition) is 4. The molecular formula is C11H16N4O2. The number of carbonyl (C=O) groups excluding carboxylic acids is 1. The Balaban J connectivity index is 2.21. The normalized spacial score (nSPS) is 20.3. The van der Waals surface area contributed by atoms with E-state index < -0.39 is 0 Å². The van der Waals surface area contributed by atoms with Crippen LogP contribution in [0.2, 0.25) is 0 Å². The first-order valence-electron chi connectivity index (χ1n) is 5.68. The lowest BCUT2D eigenvalue weighted by molar-refractivity contribution is -0.130. The number of nitrogens with one attached hydrogen (secondary N) is 1. The van der Waals surface area contributed by atoms with Crippen LogP contribution >= 0.6 is 0 Å². The van der Waals surface area contributed by atoms with Crippen LogP contribution in [0.25, 0.3) is 0 Å². The molecule has 92 valence electrons. The molecule has 1 amide bonds. The third-order valence-electron chi connectivity index (χ3n) is 3.06. The molecule has 2 rings (SSSR count). The van der Waals surface area contributed by atoms with E-state index in [0.717, 1.165) is 19.4 Å². The first kappa shape index (κ1) is 11.6. The zero-order valence-corrected chi connectivity index (χ0v) is 9.77. The number of amides is 1. The quantitative estimate of drug-likeness (QED) is 0.722. The summed E-state index contributed by atoms with van der Waals surface area (Å²) in [5.74, 6) is 0.303. The van der Waals surface area contributed by atoms with Crippen molar-refractivity contribution >= 4 is 11.9 Å². The van der Waals surface area contributed by atoms with Gasteiger partial charge in [0.1, 0.15) is 0 Å². The zero-order valence-electron chi connectivity index (χ0n) is 9.77. The summed E-state index contributed by atoms with van der Waals surface area (Å²) >= 11 is 0. The third kappa shape index (κ3) is 2.64. The highest BCUT2D eigenvalue weighted by atomic mass is 16.2. The van der Waals surface area contributed by atoms with Crippen LogP contribution in [-0.4, -0.2) is 33.9 Å². The largest absolute Gasteiger partial charge is 0.369 e. The monoisotopic (exact) mass is 236 g/mol. The highest BCUT2D eigenvalue weighted by molar-refractivity contribution is 5.73. The molecule has 1 aromatic rings. The van der Waals surface area contributed by atoms with Crippen LogP contribution in [0.4, 0.5) is 5.95 Å². The fourth-order valence-electron chi connectivity index (χ4n) is 2.21. The van der Waals surface area contributed by atoms with Gasteiger partial charge in [0.2, 0.25) is 11.9 Å². The second-order valence-corrected chi connectivity index (χ2v) is 4.36. The summed E-state index contributed by atoms with van der Waals surface area (Å²) in [5, 5.41) is 0. The topological polar surface area (TPSA) is 92.1 Å². The maximum Gasteiger partial charge on any atom is 0.252 e. The van der Waals surface area contributed by atoms with Gasteiger partial charge in [0.05, 0.1) is 5.69 Å². The Bertz CT molecular complexity index is 483. The average Bonchev–Trinajstić information content (AvgIpc) is 2.28. The molecule has 0 saturated carbocycles. The molecule has 1 atom stereocenters. The number of nitrogens with zero attached hydrogens (tertiary/aromatic N) is 2. The lowest BCUT2D eigenvalue weighted by Crippen LogP contribution is -2.38. The SMILES string of the molecule is CC(=O)N1CCCC(c2cc(=O)[nH]c(N)n2)C1. The number of anilines is 1. The van der Waals surface area contributed by atoms with Crippen LogP contribution < -0.4 is 11.3 Å². The molecule has 6 heteroatoms. The van der Waals surface area contributed by atoms with E-state index in [2.05, 4.69) is 9.97 Å². The smallest absolute Gasteiger partial charge is 0.252 e. The number of nitrogen functional groups attached to an aromatic ring is 1. The molecule has 0 aromatic carbocycles. The molecule has 2 heterocycles. The van der Waals surface area contributed by atoms with E-state index in [0.29, 0.717) is 12.2 Å². The van der Waals surface area contributed by atoms with Crippen LogP contribution in [-0.2, 0) is 4.79 Å². The molecule has 3 N–H and O–H groups in total. The number of nitrogens with two attached hydrogens (primary N) is 1. The summed E-state index contributed by atoms with van der Waals surface area (Å²) in [4.78, 5) is 31.0. The molecule has 0 radical (unpaired) electrons. The number of H-pyrrole nitrogens is 1. The van der Waals surface area contributed by atoms with Gasteiger partial charge in [-0.2, -0.15) is 0 Å². The standard InChI is InChI=1S/C11H16N4O2/c1-7(16)15-4-2-3-8(6-15)9-5-10(17)14-11(12)13-9/h5,8H,2-4,6H2,1H3,(H3,12,13,14,17). The summed E-state index contributed by atoms with van der Waals surface area (Å²) in [5.41, 5.74) is 5.95. The van der Waals surface area contributed by atoms with Crippen LogP contribution in [0, 0.1) is 0 Å². The van der Waals surface area contributed by atoms with E-state index in [1.165, 1.54) is 6.07 Å². The molecule has 0 bridgehead atoms. The molecule has 0 aliphatic carbocycles. The fourth-order valence-corrected chi connectivity index (χ4v) is 2.21. The Labute approximate surface area is 98.8 Å². The van der Waals surface area contributed by atoms with Gasteiger partial charge >= 0.3 is 0 Å². The molecular weight excluding hydrogens is 220 g/mol. The van der Waals surface area contributed by atoms with Gasteiger partial charge in [0.15, 0.2) is 0 Å². The van der Waals surface area contributed by atoms with Gasteiger partial charge in [0, 0.05) is 32.0 Å². The Morgan fingerprint density at radius 2 is 2.41 bits per heavy atom. The summed E-state index contributed by atoms with van der Waals surface area (Å²) in [6, 6.07) is 1.46. The number of aromatic nitrogens is 2. The molecule has 1 saturated heterocycles. The minimum atomic E-state index is -0.243. The molecule has 1 aromatic heterocycles. The lowest BCUT2D eigenvalue weighted by Gasteiger charge is -2.31. The lowest BCUT2D eigenvalue weighted by atomic mass is 9.94. The Morgan fingerprint density at radius 3 is 3.06 bits per heavy atom. The molecule has 1 aliphatic heterocycles. The van der Waals surface area contributed by atoms with Crippen LogP contribution in [0.3, 0.4) is 0 Å². The Kier molecular flexibility index (Phi) is 3.12. The summed E-state index contributed by atoms with van der Waals surface area (Å²) in [6.07, 6.45) is 1.86. The van der Waals surface area contributed by atoms with Crippen molar-refractivity contribution in [3.8, 4) is 0 Å². The second kappa shape index (κ2) is 4.57.